The van der Waals surface area contributed by atoms with Gasteiger partial charge in [0.1, 0.15) is 5.75 Å². The van der Waals surface area contributed by atoms with Crippen molar-refractivity contribution >= 4 is 6.47 Å². The van der Waals surface area contributed by atoms with Crippen LogP contribution in [0.5, 0.6) is 5.75 Å². The first-order chi connectivity index (χ1) is 3.93. The fraction of sp³-hybridized carbons (Fsp3) is 0. The quantitative estimate of drug-likeness (QED) is 0.566. The van der Waals surface area contributed by atoms with Gasteiger partial charge in [0.25, 0.3) is 6.47 Å². The molecule has 0 aliphatic carbocycles. The lowest BCUT2D eigenvalue weighted by molar-refractivity contribution is -0.120. The van der Waals surface area contributed by atoms with Gasteiger partial charge in [-0.2, -0.15) is 0 Å². The summed E-state index contributed by atoms with van der Waals surface area (Å²) in [5.74, 6) is 0.542. The third-order valence-corrected chi connectivity index (χ3v) is 0.754. The van der Waals surface area contributed by atoms with Crippen LogP contribution in [0.3, 0.4) is 0 Å². The Morgan fingerprint density at radius 3 is 3.12 bits per heavy atom. The van der Waals surface area contributed by atoms with Crippen molar-refractivity contribution in [2.75, 3.05) is 0 Å². The van der Waals surface area contributed by atoms with E-state index in [-0.39, 0.29) is 0 Å². The highest BCUT2D eigenvalue weighted by Crippen LogP contribution is 2.04. The molecule has 1 aromatic heterocycles. The van der Waals surface area contributed by atoms with Crippen molar-refractivity contribution in [3.63, 3.8) is 0 Å². The minimum absolute atomic E-state index is 0.392. The molecule has 1 N–H and O–H groups in total. The molecule has 0 amide bonds. The number of hydrogen-bond donors (Lipinski definition) is 1. The van der Waals surface area contributed by atoms with Gasteiger partial charge < -0.3 is 9.72 Å². The van der Waals surface area contributed by atoms with E-state index in [1.807, 2.05) is 0 Å². The van der Waals surface area contributed by atoms with Crippen LogP contribution in [0, 0.1) is 0 Å². The van der Waals surface area contributed by atoms with Gasteiger partial charge >= 0.3 is 0 Å². The zero-order valence-electron chi connectivity index (χ0n) is 4.13. The van der Waals surface area contributed by atoms with Crippen LogP contribution >= 0.6 is 0 Å². The predicted octanol–water partition coefficient (Wildman–Crippen LogP) is 0.550. The van der Waals surface area contributed by atoms with E-state index >= 15 is 0 Å². The van der Waals surface area contributed by atoms with Crippen LogP contribution in [-0.2, 0) is 4.79 Å². The van der Waals surface area contributed by atoms with E-state index in [2.05, 4.69) is 9.72 Å². The van der Waals surface area contributed by atoms with Crippen molar-refractivity contribution in [2.45, 2.75) is 0 Å². The van der Waals surface area contributed by atoms with Gasteiger partial charge in [0, 0.05) is 12.4 Å². The number of aromatic nitrogens is 1. The Labute approximate surface area is 46.3 Å². The zero-order chi connectivity index (χ0) is 5.82. The molecule has 1 aromatic rings. The molecule has 1 heterocycles. The summed E-state index contributed by atoms with van der Waals surface area (Å²) in [7, 11) is 0. The van der Waals surface area contributed by atoms with Gasteiger partial charge in [-0.1, -0.05) is 0 Å². The minimum atomic E-state index is 0.392. The molecule has 3 nitrogen and oxygen atoms in total. The van der Waals surface area contributed by atoms with E-state index in [1.54, 1.807) is 18.5 Å². The van der Waals surface area contributed by atoms with Crippen molar-refractivity contribution < 1.29 is 9.53 Å². The Balaban J connectivity index is 2.62. The fourth-order valence-electron chi connectivity index (χ4n) is 0.437. The normalized spacial score (nSPS) is 8.50. The summed E-state index contributed by atoms with van der Waals surface area (Å²) in [5, 5.41) is 0. The van der Waals surface area contributed by atoms with Crippen molar-refractivity contribution in [1.82, 2.24) is 4.98 Å². The van der Waals surface area contributed by atoms with E-state index in [1.165, 1.54) is 0 Å². The second kappa shape index (κ2) is 2.16. The number of aromatic amines is 1. The second-order valence-corrected chi connectivity index (χ2v) is 1.26. The number of hydrogen-bond acceptors (Lipinski definition) is 2. The van der Waals surface area contributed by atoms with Gasteiger partial charge in [-0.15, -0.1) is 0 Å². The molecular formula is C5H5NO2. The maximum Gasteiger partial charge on any atom is 0.298 e. The summed E-state index contributed by atoms with van der Waals surface area (Å²) >= 11 is 0. The molecule has 0 radical (unpaired) electrons. The zero-order valence-corrected chi connectivity index (χ0v) is 4.13. The smallest absolute Gasteiger partial charge is 0.298 e. The number of ether oxygens (including phenoxy) is 1. The summed E-state index contributed by atoms with van der Waals surface area (Å²) in [5.41, 5.74) is 0. The number of rotatable bonds is 2. The average Bonchev–Trinajstić information content (AvgIpc) is 2.19. The van der Waals surface area contributed by atoms with E-state index in [0.717, 1.165) is 0 Å². The minimum Gasteiger partial charge on any atom is -0.427 e. The molecule has 0 spiro atoms. The van der Waals surface area contributed by atoms with E-state index in [4.69, 9.17) is 0 Å². The fourth-order valence-corrected chi connectivity index (χ4v) is 0.437. The Hall–Kier alpha value is -1.25. The molecule has 1 rings (SSSR count). The van der Waals surface area contributed by atoms with E-state index < -0.39 is 0 Å². The lowest BCUT2D eigenvalue weighted by Gasteiger charge is -1.84. The van der Waals surface area contributed by atoms with Crippen LogP contribution < -0.4 is 4.74 Å². The third-order valence-electron chi connectivity index (χ3n) is 0.754. The van der Waals surface area contributed by atoms with Crippen molar-refractivity contribution in [2.24, 2.45) is 0 Å². The van der Waals surface area contributed by atoms with E-state index in [0.29, 0.717) is 12.2 Å². The SMILES string of the molecule is O=COc1cc[nH]c1. The lowest BCUT2D eigenvalue weighted by atomic mass is 10.6. The predicted molar refractivity (Wildman–Crippen MR) is 27.5 cm³/mol. The largest absolute Gasteiger partial charge is 0.427 e. The molecule has 0 aromatic carbocycles. The second-order valence-electron chi connectivity index (χ2n) is 1.26. The molecule has 0 saturated heterocycles. The first-order valence-electron chi connectivity index (χ1n) is 2.16. The molecule has 0 aliphatic heterocycles. The van der Waals surface area contributed by atoms with Crippen LogP contribution in [0.25, 0.3) is 0 Å². The molecule has 42 valence electrons. The Kier molecular flexibility index (Phi) is 1.32. The molecule has 8 heavy (non-hydrogen) atoms. The molecule has 0 atom stereocenters. The number of H-pyrrole nitrogens is 1. The van der Waals surface area contributed by atoms with Gasteiger partial charge in [-0.05, 0) is 6.07 Å². The van der Waals surface area contributed by atoms with Crippen LogP contribution in [0.4, 0.5) is 0 Å². The monoisotopic (exact) mass is 111 g/mol. The van der Waals surface area contributed by atoms with Crippen molar-refractivity contribution in [1.29, 1.82) is 0 Å². The van der Waals surface area contributed by atoms with E-state index in [9.17, 15) is 4.79 Å². The highest BCUT2D eigenvalue weighted by molar-refractivity contribution is 5.44. The van der Waals surface area contributed by atoms with Crippen LogP contribution in [-0.4, -0.2) is 11.5 Å². The molecule has 0 unspecified atom stereocenters. The Morgan fingerprint density at radius 1 is 1.75 bits per heavy atom. The number of nitrogens with one attached hydrogen (secondary N) is 1. The summed E-state index contributed by atoms with van der Waals surface area (Å²) in [6.45, 7) is 0.392. The number of carbonyl (C=O) groups is 1. The molecule has 0 saturated carbocycles. The summed E-state index contributed by atoms with van der Waals surface area (Å²) < 4.78 is 4.43. The Morgan fingerprint density at radius 2 is 2.62 bits per heavy atom. The molecular weight excluding hydrogens is 106 g/mol. The highest BCUT2D eigenvalue weighted by atomic mass is 16.5. The summed E-state index contributed by atoms with van der Waals surface area (Å²) in [4.78, 5) is 12.4. The molecule has 0 bridgehead atoms. The van der Waals surface area contributed by atoms with Gasteiger partial charge in [-0.3, -0.25) is 4.79 Å². The molecule has 0 fully saturated rings. The summed E-state index contributed by atoms with van der Waals surface area (Å²) in [6, 6.07) is 1.66. The Bertz CT molecular complexity index is 157. The lowest BCUT2D eigenvalue weighted by Crippen LogP contribution is -1.83. The first kappa shape index (κ1) is 4.90. The first-order valence-corrected chi connectivity index (χ1v) is 2.16. The highest BCUT2D eigenvalue weighted by Gasteiger charge is 1.86. The van der Waals surface area contributed by atoms with Gasteiger partial charge in [0.05, 0.1) is 0 Å². The number of carbonyl (C=O) groups excluding carboxylic acids is 1. The van der Waals surface area contributed by atoms with Gasteiger partial charge in [0.15, 0.2) is 0 Å². The van der Waals surface area contributed by atoms with Crippen LogP contribution in [0.2, 0.25) is 0 Å². The summed E-state index contributed by atoms with van der Waals surface area (Å²) in [6.07, 6.45) is 3.27. The topological polar surface area (TPSA) is 42.1 Å². The average molecular weight is 111 g/mol. The maximum absolute atomic E-state index is 9.64. The third kappa shape index (κ3) is 0.872. The van der Waals surface area contributed by atoms with Crippen molar-refractivity contribution in [3.8, 4) is 5.75 Å². The maximum atomic E-state index is 9.64. The molecule has 0 aliphatic rings. The van der Waals surface area contributed by atoms with Gasteiger partial charge in [0.2, 0.25) is 0 Å². The molecule has 3 heteroatoms. The van der Waals surface area contributed by atoms with Crippen LogP contribution in [0.1, 0.15) is 0 Å². The van der Waals surface area contributed by atoms with Crippen LogP contribution in [0.15, 0.2) is 18.5 Å². The van der Waals surface area contributed by atoms with Crippen molar-refractivity contribution in [3.05, 3.63) is 18.5 Å². The standard InChI is InChI=1S/C5H5NO2/c7-4-8-5-1-2-6-3-5/h1-4,6H. The van der Waals surface area contributed by atoms with Gasteiger partial charge in [-0.25, -0.2) is 0 Å².